The average molecular weight is 223 g/mol. The number of carboxylic acid groups (broad SMARTS) is 1. The lowest BCUT2D eigenvalue weighted by molar-refractivity contribution is -0.138. The van der Waals surface area contributed by atoms with Crippen molar-refractivity contribution >= 4 is 17.7 Å². The highest BCUT2D eigenvalue weighted by Gasteiger charge is 2.13. The number of nitrogens with zero attached hydrogens (tertiary/aromatic N) is 1. The fourth-order valence-corrected chi connectivity index (χ4v) is 0.967. The molecule has 0 spiro atoms. The number of anilines is 1. The third kappa shape index (κ3) is 3.56. The predicted octanol–water partition coefficient (Wildman–Crippen LogP) is 0.985. The lowest BCUT2D eigenvalue weighted by Gasteiger charge is -2.10. The number of hydrogen-bond acceptors (Lipinski definition) is 3. The molecule has 0 aliphatic heterocycles. The second kappa shape index (κ2) is 5.11. The second-order valence-electron chi connectivity index (χ2n) is 3.35. The summed E-state index contributed by atoms with van der Waals surface area (Å²) in [4.78, 5) is 25.8. The Labute approximate surface area is 92.7 Å². The Morgan fingerprint density at radius 1 is 1.44 bits per heavy atom. The zero-order valence-electron chi connectivity index (χ0n) is 9.02. The van der Waals surface area contributed by atoms with Gasteiger partial charge in [-0.25, -0.2) is 4.79 Å². The van der Waals surface area contributed by atoms with E-state index in [-0.39, 0.29) is 0 Å². The number of hydrogen-bond donors (Lipinski definition) is 3. The third-order valence-corrected chi connectivity index (χ3v) is 1.89. The smallest absolute Gasteiger partial charge is 0.325 e. The number of amides is 2. The van der Waals surface area contributed by atoms with E-state index in [9.17, 15) is 9.59 Å². The summed E-state index contributed by atoms with van der Waals surface area (Å²) in [6.45, 7) is 3.21. The number of urea groups is 1. The van der Waals surface area contributed by atoms with Crippen LogP contribution in [-0.4, -0.2) is 28.1 Å². The van der Waals surface area contributed by atoms with Crippen LogP contribution in [0.15, 0.2) is 18.3 Å². The summed E-state index contributed by atoms with van der Waals surface area (Å²) in [5.74, 6) is -1.09. The second-order valence-corrected chi connectivity index (χ2v) is 3.35. The molecule has 1 aromatic heterocycles. The first-order valence-corrected chi connectivity index (χ1v) is 4.72. The van der Waals surface area contributed by atoms with Gasteiger partial charge in [-0.3, -0.25) is 9.78 Å². The highest BCUT2D eigenvalue weighted by atomic mass is 16.4. The maximum atomic E-state index is 11.3. The lowest BCUT2D eigenvalue weighted by Crippen LogP contribution is -2.40. The number of carbonyl (C=O) groups excluding carboxylic acids is 1. The van der Waals surface area contributed by atoms with E-state index in [0.717, 1.165) is 5.69 Å². The Kier molecular flexibility index (Phi) is 3.82. The quantitative estimate of drug-likeness (QED) is 0.712. The highest BCUT2D eigenvalue weighted by molar-refractivity contribution is 5.91. The summed E-state index contributed by atoms with van der Waals surface area (Å²) >= 11 is 0. The van der Waals surface area contributed by atoms with Crippen molar-refractivity contribution in [2.45, 2.75) is 19.9 Å². The molecular weight excluding hydrogens is 210 g/mol. The number of carboxylic acids is 1. The van der Waals surface area contributed by atoms with Crippen molar-refractivity contribution in [3.8, 4) is 0 Å². The number of pyridine rings is 1. The molecule has 0 aliphatic carbocycles. The Bertz CT molecular complexity index is 389. The van der Waals surface area contributed by atoms with Crippen LogP contribution in [0.5, 0.6) is 0 Å². The first-order valence-electron chi connectivity index (χ1n) is 4.72. The molecule has 0 saturated heterocycles. The summed E-state index contributed by atoms with van der Waals surface area (Å²) in [6, 6.07) is 1.93. The molecule has 0 aliphatic rings. The van der Waals surface area contributed by atoms with Crippen LogP contribution in [0.1, 0.15) is 12.6 Å². The Morgan fingerprint density at radius 2 is 2.12 bits per heavy atom. The molecule has 0 radical (unpaired) electrons. The Morgan fingerprint density at radius 3 is 2.62 bits per heavy atom. The number of aliphatic carboxylic acids is 1. The van der Waals surface area contributed by atoms with Crippen LogP contribution in [0.25, 0.3) is 0 Å². The van der Waals surface area contributed by atoms with Gasteiger partial charge in [-0.2, -0.15) is 0 Å². The van der Waals surface area contributed by atoms with Crippen molar-refractivity contribution in [3.05, 3.63) is 24.0 Å². The van der Waals surface area contributed by atoms with Crippen molar-refractivity contribution < 1.29 is 14.7 Å². The van der Waals surface area contributed by atoms with Gasteiger partial charge in [-0.1, -0.05) is 0 Å². The number of rotatable bonds is 3. The van der Waals surface area contributed by atoms with Crippen molar-refractivity contribution in [3.63, 3.8) is 0 Å². The van der Waals surface area contributed by atoms with Gasteiger partial charge in [0, 0.05) is 5.69 Å². The molecule has 0 fully saturated rings. The number of aryl methyl sites for hydroxylation is 1. The van der Waals surface area contributed by atoms with Crippen molar-refractivity contribution in [1.29, 1.82) is 0 Å². The molecule has 86 valence electrons. The monoisotopic (exact) mass is 223 g/mol. The normalized spacial score (nSPS) is 11.6. The zero-order valence-corrected chi connectivity index (χ0v) is 9.02. The van der Waals surface area contributed by atoms with Crippen LogP contribution in [0.2, 0.25) is 0 Å². The van der Waals surface area contributed by atoms with Gasteiger partial charge in [0.05, 0.1) is 11.9 Å². The van der Waals surface area contributed by atoms with Gasteiger partial charge in [0.1, 0.15) is 6.04 Å². The summed E-state index contributed by atoms with van der Waals surface area (Å²) < 4.78 is 0. The molecule has 6 nitrogen and oxygen atoms in total. The number of aromatic nitrogens is 1. The maximum absolute atomic E-state index is 11.3. The van der Waals surface area contributed by atoms with E-state index in [0.29, 0.717) is 5.69 Å². The predicted molar refractivity (Wildman–Crippen MR) is 58.2 cm³/mol. The van der Waals surface area contributed by atoms with E-state index < -0.39 is 18.0 Å². The highest BCUT2D eigenvalue weighted by Crippen LogP contribution is 2.04. The minimum Gasteiger partial charge on any atom is -0.480 e. The molecule has 6 heteroatoms. The number of carbonyl (C=O) groups is 2. The Balaban J connectivity index is 2.52. The van der Waals surface area contributed by atoms with Crippen molar-refractivity contribution in [2.75, 3.05) is 5.32 Å². The molecule has 2 amide bonds. The molecule has 0 bridgehead atoms. The molecular formula is C10H13N3O3. The van der Waals surface area contributed by atoms with E-state index in [2.05, 4.69) is 15.6 Å². The molecule has 3 N–H and O–H groups in total. The summed E-state index contributed by atoms with van der Waals surface area (Å²) in [6.07, 6.45) is 1.50. The molecule has 16 heavy (non-hydrogen) atoms. The van der Waals surface area contributed by atoms with Crippen molar-refractivity contribution in [1.82, 2.24) is 10.3 Å². The fraction of sp³-hybridized carbons (Fsp3) is 0.300. The summed E-state index contributed by atoms with van der Waals surface area (Å²) in [5, 5.41) is 13.3. The molecule has 1 unspecified atom stereocenters. The fourth-order valence-electron chi connectivity index (χ4n) is 0.967. The zero-order chi connectivity index (χ0) is 12.1. The van der Waals surface area contributed by atoms with Crippen LogP contribution < -0.4 is 10.6 Å². The van der Waals surface area contributed by atoms with Gasteiger partial charge in [0.25, 0.3) is 0 Å². The van der Waals surface area contributed by atoms with Crippen molar-refractivity contribution in [2.24, 2.45) is 0 Å². The number of nitrogens with one attached hydrogen (secondary N) is 2. The van der Waals surface area contributed by atoms with Crippen LogP contribution in [-0.2, 0) is 4.79 Å². The van der Waals surface area contributed by atoms with Gasteiger partial charge in [0.2, 0.25) is 0 Å². The molecule has 1 heterocycles. The van der Waals surface area contributed by atoms with Gasteiger partial charge in [0.15, 0.2) is 0 Å². The molecule has 0 saturated carbocycles. The maximum Gasteiger partial charge on any atom is 0.325 e. The SMILES string of the molecule is Cc1ccc(NC(=O)NC(C)C(=O)O)cn1. The Hall–Kier alpha value is -2.11. The van der Waals surface area contributed by atoms with Crippen LogP contribution >= 0.6 is 0 Å². The van der Waals surface area contributed by atoms with E-state index in [1.807, 2.05) is 6.92 Å². The standard InChI is InChI=1S/C10H13N3O3/c1-6-3-4-8(5-11-6)13-10(16)12-7(2)9(14)15/h3-5,7H,1-2H3,(H,14,15)(H2,12,13,16). The first kappa shape index (κ1) is 12.0. The largest absolute Gasteiger partial charge is 0.480 e. The molecule has 1 rings (SSSR count). The van der Waals surface area contributed by atoms with Gasteiger partial charge in [-0.05, 0) is 26.0 Å². The third-order valence-electron chi connectivity index (χ3n) is 1.89. The average Bonchev–Trinajstić information content (AvgIpc) is 2.21. The lowest BCUT2D eigenvalue weighted by atomic mass is 10.3. The summed E-state index contributed by atoms with van der Waals surface area (Å²) in [7, 11) is 0. The topological polar surface area (TPSA) is 91.3 Å². The molecule has 1 atom stereocenters. The minimum absolute atomic E-state index is 0.515. The van der Waals surface area contributed by atoms with E-state index in [1.165, 1.54) is 13.1 Å². The van der Waals surface area contributed by atoms with E-state index in [4.69, 9.17) is 5.11 Å². The summed E-state index contributed by atoms with van der Waals surface area (Å²) in [5.41, 5.74) is 1.35. The van der Waals surface area contributed by atoms with Gasteiger partial charge in [-0.15, -0.1) is 0 Å². The van der Waals surface area contributed by atoms with Crippen LogP contribution in [0.4, 0.5) is 10.5 Å². The molecule has 1 aromatic rings. The van der Waals surface area contributed by atoms with Gasteiger partial charge < -0.3 is 15.7 Å². The molecule has 0 aromatic carbocycles. The minimum atomic E-state index is -1.09. The first-order chi connectivity index (χ1) is 7.49. The van der Waals surface area contributed by atoms with E-state index in [1.54, 1.807) is 12.1 Å². The van der Waals surface area contributed by atoms with Crippen LogP contribution in [0.3, 0.4) is 0 Å². The van der Waals surface area contributed by atoms with E-state index >= 15 is 0 Å². The van der Waals surface area contributed by atoms with Crippen LogP contribution in [0, 0.1) is 6.92 Å². The van der Waals surface area contributed by atoms with Gasteiger partial charge >= 0.3 is 12.0 Å².